The maximum Gasteiger partial charge on any atom is 0.410 e. The molecule has 3 heterocycles. The van der Waals surface area contributed by atoms with E-state index in [0.717, 1.165) is 30.4 Å². The number of hydrogen-bond donors (Lipinski definition) is 2. The Morgan fingerprint density at radius 1 is 1.10 bits per heavy atom. The van der Waals surface area contributed by atoms with Gasteiger partial charge in [0.05, 0.1) is 18.3 Å². The van der Waals surface area contributed by atoms with E-state index in [1.807, 2.05) is 39.8 Å². The van der Waals surface area contributed by atoms with Crippen LogP contribution >= 0.6 is 0 Å². The van der Waals surface area contributed by atoms with Gasteiger partial charge in [-0.2, -0.15) is 0 Å². The Morgan fingerprint density at radius 3 is 2.62 bits per heavy atom. The summed E-state index contributed by atoms with van der Waals surface area (Å²) in [4.78, 5) is 40.4. The lowest BCUT2D eigenvalue weighted by atomic mass is 10.0. The Labute approximate surface area is 246 Å². The second-order valence-corrected chi connectivity index (χ2v) is 11.3. The van der Waals surface area contributed by atoms with E-state index in [-0.39, 0.29) is 11.7 Å². The summed E-state index contributed by atoms with van der Waals surface area (Å²) in [7, 11) is 0. The second-order valence-electron chi connectivity index (χ2n) is 11.3. The lowest BCUT2D eigenvalue weighted by Crippen LogP contribution is -2.53. The van der Waals surface area contributed by atoms with E-state index in [2.05, 4.69) is 20.3 Å². The van der Waals surface area contributed by atoms with Crippen LogP contribution in [0.25, 0.3) is 22.0 Å². The Hall–Kier alpha value is -3.99. The van der Waals surface area contributed by atoms with Crippen LogP contribution in [0.15, 0.2) is 36.8 Å². The van der Waals surface area contributed by atoms with Crippen LogP contribution in [-0.2, 0) is 20.9 Å². The van der Waals surface area contributed by atoms with Crippen LogP contribution < -0.4 is 10.1 Å². The number of carbonyl (C=O) groups excluding carboxylic acids is 2. The van der Waals surface area contributed by atoms with Gasteiger partial charge in [-0.05, 0) is 71.1 Å². The van der Waals surface area contributed by atoms with Gasteiger partial charge in [0, 0.05) is 48.6 Å². The summed E-state index contributed by atoms with van der Waals surface area (Å²) in [6.07, 6.45) is 8.14. The molecule has 2 amide bonds. The molecule has 11 nitrogen and oxygen atoms in total. The molecule has 11 heteroatoms. The van der Waals surface area contributed by atoms with Gasteiger partial charge in [0.15, 0.2) is 5.82 Å². The van der Waals surface area contributed by atoms with Crippen molar-refractivity contribution in [2.24, 2.45) is 0 Å². The smallest absolute Gasteiger partial charge is 0.410 e. The van der Waals surface area contributed by atoms with Crippen LogP contribution in [0.3, 0.4) is 0 Å². The maximum absolute atomic E-state index is 13.0. The number of nitrogens with one attached hydrogen (secondary N) is 1. The van der Waals surface area contributed by atoms with Crippen LogP contribution in [0.2, 0.25) is 0 Å². The SMILES string of the molecule is CCCOCc1ncc(-c2ccc3ncc(O)cc3c2OCCCNC(=O)C2CCCCN2C(=O)OC(C)(C)C)cn1. The Balaban J connectivity index is 1.40. The number of fused-ring (bicyclic) bond motifs is 1. The van der Waals surface area contributed by atoms with Crippen molar-refractivity contribution in [2.45, 2.75) is 78.0 Å². The highest BCUT2D eigenvalue weighted by atomic mass is 16.6. The number of nitrogens with zero attached hydrogens (tertiary/aromatic N) is 4. The van der Waals surface area contributed by atoms with Crippen molar-refractivity contribution >= 4 is 22.9 Å². The molecule has 1 aliphatic rings. The van der Waals surface area contributed by atoms with Crippen LogP contribution in [0, 0.1) is 0 Å². The molecule has 0 bridgehead atoms. The minimum Gasteiger partial charge on any atom is -0.506 e. The minimum absolute atomic E-state index is 0.0263. The van der Waals surface area contributed by atoms with Crippen LogP contribution in [-0.4, -0.2) is 74.9 Å². The number of hydrogen-bond acceptors (Lipinski definition) is 9. The summed E-state index contributed by atoms with van der Waals surface area (Å²) in [5.41, 5.74) is 1.55. The number of carbonyl (C=O) groups is 2. The van der Waals surface area contributed by atoms with Gasteiger partial charge in [0.2, 0.25) is 5.91 Å². The number of ether oxygens (including phenoxy) is 3. The predicted octanol–water partition coefficient (Wildman–Crippen LogP) is 5.00. The van der Waals surface area contributed by atoms with Crippen molar-refractivity contribution in [1.29, 1.82) is 0 Å². The van der Waals surface area contributed by atoms with E-state index in [0.29, 0.717) is 68.2 Å². The van der Waals surface area contributed by atoms with Crippen LogP contribution in [0.4, 0.5) is 4.79 Å². The fourth-order valence-corrected chi connectivity index (χ4v) is 4.74. The molecule has 42 heavy (non-hydrogen) atoms. The van der Waals surface area contributed by atoms with Gasteiger partial charge in [0.1, 0.15) is 29.7 Å². The molecule has 1 fully saturated rings. The molecule has 3 aromatic rings. The third-order valence-electron chi connectivity index (χ3n) is 6.70. The molecule has 0 saturated carbocycles. The van der Waals surface area contributed by atoms with Crippen molar-refractivity contribution in [3.8, 4) is 22.6 Å². The lowest BCUT2D eigenvalue weighted by molar-refractivity contribution is -0.127. The van der Waals surface area contributed by atoms with Crippen molar-refractivity contribution in [3.05, 3.63) is 42.6 Å². The first-order valence-electron chi connectivity index (χ1n) is 14.6. The van der Waals surface area contributed by atoms with Gasteiger partial charge in [-0.3, -0.25) is 14.7 Å². The van der Waals surface area contributed by atoms with Gasteiger partial charge in [-0.25, -0.2) is 14.8 Å². The molecule has 1 atom stereocenters. The number of amides is 2. The summed E-state index contributed by atoms with van der Waals surface area (Å²) in [6.45, 7) is 9.64. The molecule has 1 saturated heterocycles. The summed E-state index contributed by atoms with van der Waals surface area (Å²) in [6, 6.07) is 4.81. The van der Waals surface area contributed by atoms with Gasteiger partial charge < -0.3 is 24.6 Å². The number of rotatable bonds is 11. The van der Waals surface area contributed by atoms with Crippen molar-refractivity contribution in [1.82, 2.24) is 25.2 Å². The van der Waals surface area contributed by atoms with Gasteiger partial charge >= 0.3 is 6.09 Å². The zero-order valence-corrected chi connectivity index (χ0v) is 24.9. The van der Waals surface area contributed by atoms with Crippen molar-refractivity contribution < 1.29 is 28.9 Å². The highest BCUT2D eigenvalue weighted by Crippen LogP contribution is 2.37. The fourth-order valence-electron chi connectivity index (χ4n) is 4.74. The third-order valence-corrected chi connectivity index (χ3v) is 6.70. The molecule has 0 spiro atoms. The lowest BCUT2D eigenvalue weighted by Gasteiger charge is -2.35. The van der Waals surface area contributed by atoms with Crippen molar-refractivity contribution in [2.75, 3.05) is 26.3 Å². The van der Waals surface area contributed by atoms with E-state index >= 15 is 0 Å². The molecule has 0 radical (unpaired) electrons. The maximum atomic E-state index is 13.0. The largest absolute Gasteiger partial charge is 0.506 e. The summed E-state index contributed by atoms with van der Waals surface area (Å²) < 4.78 is 17.3. The molecular weight excluding hydrogens is 538 g/mol. The second kappa shape index (κ2) is 14.3. The van der Waals surface area contributed by atoms with Crippen LogP contribution in [0.1, 0.15) is 65.6 Å². The Bertz CT molecular complexity index is 1360. The van der Waals surface area contributed by atoms with E-state index in [1.54, 1.807) is 18.5 Å². The first-order valence-corrected chi connectivity index (χ1v) is 14.6. The zero-order chi connectivity index (χ0) is 30.1. The Kier molecular flexibility index (Phi) is 10.5. The van der Waals surface area contributed by atoms with Gasteiger partial charge in [0.25, 0.3) is 0 Å². The van der Waals surface area contributed by atoms with E-state index in [1.165, 1.54) is 11.1 Å². The molecule has 2 N–H and O–H groups in total. The van der Waals surface area contributed by atoms with Gasteiger partial charge in [-0.1, -0.05) is 6.92 Å². The van der Waals surface area contributed by atoms with E-state index in [4.69, 9.17) is 14.2 Å². The number of likely N-dealkylation sites (tertiary alicyclic amines) is 1. The Morgan fingerprint density at radius 2 is 1.88 bits per heavy atom. The summed E-state index contributed by atoms with van der Waals surface area (Å²) in [5, 5.41) is 13.7. The minimum atomic E-state index is -0.628. The standard InChI is InChI=1S/C31H41N5O6/c1-5-14-40-20-27-34-17-21(18-35-27)23-10-11-25-24(16-22(37)19-33-25)28(23)41-15-8-12-32-29(38)26-9-6-7-13-36(26)30(39)42-31(2,3)4/h10-11,16-19,26,37H,5-9,12-15,20H2,1-4H3,(H,32,38). The number of pyridine rings is 1. The monoisotopic (exact) mass is 579 g/mol. The highest BCUT2D eigenvalue weighted by Gasteiger charge is 2.34. The fraction of sp³-hybridized carbons (Fsp3) is 0.516. The zero-order valence-electron chi connectivity index (χ0n) is 24.9. The number of aromatic hydroxyl groups is 1. The number of piperidine rings is 1. The quantitative estimate of drug-likeness (QED) is 0.301. The summed E-state index contributed by atoms with van der Waals surface area (Å²) >= 11 is 0. The average molecular weight is 580 g/mol. The molecule has 2 aromatic heterocycles. The number of aromatic nitrogens is 3. The third kappa shape index (κ3) is 8.28. The first-order chi connectivity index (χ1) is 20.2. The highest BCUT2D eigenvalue weighted by molar-refractivity contribution is 5.93. The first kappa shape index (κ1) is 31.0. The van der Waals surface area contributed by atoms with E-state index < -0.39 is 17.7 Å². The molecule has 1 unspecified atom stereocenters. The molecule has 4 rings (SSSR count). The topological polar surface area (TPSA) is 136 Å². The van der Waals surface area contributed by atoms with Crippen molar-refractivity contribution in [3.63, 3.8) is 0 Å². The number of benzene rings is 1. The molecular formula is C31H41N5O6. The molecule has 1 aromatic carbocycles. The molecule has 0 aliphatic carbocycles. The molecule has 1 aliphatic heterocycles. The predicted molar refractivity (Wildman–Crippen MR) is 158 cm³/mol. The summed E-state index contributed by atoms with van der Waals surface area (Å²) in [5.74, 6) is 0.969. The average Bonchev–Trinajstić information content (AvgIpc) is 2.96. The van der Waals surface area contributed by atoms with Crippen LogP contribution in [0.5, 0.6) is 11.5 Å². The normalized spacial score (nSPS) is 15.4. The molecule has 226 valence electrons. The van der Waals surface area contributed by atoms with E-state index in [9.17, 15) is 14.7 Å². The van der Waals surface area contributed by atoms with Gasteiger partial charge in [-0.15, -0.1) is 0 Å².